The summed E-state index contributed by atoms with van der Waals surface area (Å²) in [5.74, 6) is -0.452. The Morgan fingerprint density at radius 3 is 3.14 bits per heavy atom. The fourth-order valence-corrected chi connectivity index (χ4v) is 1.22. The van der Waals surface area contributed by atoms with E-state index in [-0.39, 0.29) is 17.5 Å². The van der Waals surface area contributed by atoms with E-state index in [0.29, 0.717) is 10.9 Å². The van der Waals surface area contributed by atoms with Crippen LogP contribution in [-0.4, -0.2) is 33.2 Å². The number of carbonyl (C=O) groups is 1. The van der Waals surface area contributed by atoms with Gasteiger partial charge in [-0.1, -0.05) is 0 Å². The molecular weight excluding hydrogens is 184 g/mol. The third-order valence-electron chi connectivity index (χ3n) is 1.91. The SMILES string of the molecule is CNC(=O)c1nccc2c(O)n[nH]c12. The first-order chi connectivity index (χ1) is 6.74. The highest BCUT2D eigenvalue weighted by Crippen LogP contribution is 2.21. The van der Waals surface area contributed by atoms with Crippen LogP contribution in [0.2, 0.25) is 0 Å². The fourth-order valence-electron chi connectivity index (χ4n) is 1.22. The second-order valence-corrected chi connectivity index (χ2v) is 2.71. The molecule has 0 aromatic carbocycles. The summed E-state index contributed by atoms with van der Waals surface area (Å²) in [5.41, 5.74) is 0.655. The molecule has 72 valence electrons. The Hall–Kier alpha value is -2.11. The van der Waals surface area contributed by atoms with Crippen LogP contribution in [0.15, 0.2) is 12.3 Å². The van der Waals surface area contributed by atoms with Gasteiger partial charge in [0.05, 0.1) is 5.39 Å². The minimum absolute atomic E-state index is 0.132. The van der Waals surface area contributed by atoms with Gasteiger partial charge in [0, 0.05) is 13.2 Å². The van der Waals surface area contributed by atoms with Crippen molar-refractivity contribution in [1.29, 1.82) is 0 Å². The van der Waals surface area contributed by atoms with Gasteiger partial charge in [0.2, 0.25) is 5.88 Å². The summed E-state index contributed by atoms with van der Waals surface area (Å²) >= 11 is 0. The first-order valence-electron chi connectivity index (χ1n) is 3.98. The van der Waals surface area contributed by atoms with Crippen molar-refractivity contribution >= 4 is 16.8 Å². The lowest BCUT2D eigenvalue weighted by Crippen LogP contribution is -2.19. The molecule has 14 heavy (non-hydrogen) atoms. The Balaban J connectivity index is 2.71. The predicted molar refractivity (Wildman–Crippen MR) is 48.9 cm³/mol. The first kappa shape index (κ1) is 8.49. The van der Waals surface area contributed by atoms with Crippen molar-refractivity contribution in [1.82, 2.24) is 20.5 Å². The largest absolute Gasteiger partial charge is 0.492 e. The fraction of sp³-hybridized carbons (Fsp3) is 0.125. The molecule has 0 fully saturated rings. The van der Waals surface area contributed by atoms with E-state index in [1.54, 1.807) is 6.07 Å². The summed E-state index contributed by atoms with van der Waals surface area (Å²) in [6, 6.07) is 1.58. The number of carbonyl (C=O) groups excluding carboxylic acids is 1. The molecule has 0 spiro atoms. The maximum Gasteiger partial charge on any atom is 0.271 e. The summed E-state index contributed by atoms with van der Waals surface area (Å²) in [5, 5.41) is 18.4. The van der Waals surface area contributed by atoms with Gasteiger partial charge in [0.25, 0.3) is 5.91 Å². The normalized spacial score (nSPS) is 10.4. The summed E-state index contributed by atoms with van der Waals surface area (Å²) in [6.45, 7) is 0. The van der Waals surface area contributed by atoms with E-state index in [4.69, 9.17) is 0 Å². The zero-order chi connectivity index (χ0) is 10.1. The number of H-pyrrole nitrogens is 1. The van der Waals surface area contributed by atoms with Crippen LogP contribution in [0.3, 0.4) is 0 Å². The van der Waals surface area contributed by atoms with Crippen molar-refractivity contribution in [3.05, 3.63) is 18.0 Å². The Morgan fingerprint density at radius 1 is 1.64 bits per heavy atom. The lowest BCUT2D eigenvalue weighted by molar-refractivity contribution is 0.0960. The maximum absolute atomic E-state index is 11.3. The molecule has 6 heteroatoms. The smallest absolute Gasteiger partial charge is 0.271 e. The van der Waals surface area contributed by atoms with Crippen molar-refractivity contribution < 1.29 is 9.90 Å². The topological polar surface area (TPSA) is 90.9 Å². The van der Waals surface area contributed by atoms with Gasteiger partial charge in [-0.25, -0.2) is 4.98 Å². The van der Waals surface area contributed by atoms with Crippen molar-refractivity contribution in [3.8, 4) is 5.88 Å². The Kier molecular flexibility index (Phi) is 1.81. The average molecular weight is 192 g/mol. The third-order valence-corrected chi connectivity index (χ3v) is 1.91. The number of amides is 1. The van der Waals surface area contributed by atoms with Crippen LogP contribution >= 0.6 is 0 Å². The highest BCUT2D eigenvalue weighted by atomic mass is 16.3. The first-order valence-corrected chi connectivity index (χ1v) is 3.98. The monoisotopic (exact) mass is 192 g/mol. The number of aromatic hydroxyl groups is 1. The zero-order valence-electron chi connectivity index (χ0n) is 7.40. The van der Waals surface area contributed by atoms with Crippen molar-refractivity contribution in [2.24, 2.45) is 0 Å². The standard InChI is InChI=1S/C8H8N4O2/c1-9-8(14)6-5-4(2-3-10-6)7(13)12-11-5/h2-3H,1H3,(H,9,14)(H2,11,12,13). The summed E-state index contributed by atoms with van der Waals surface area (Å²) in [4.78, 5) is 15.2. The van der Waals surface area contributed by atoms with Crippen LogP contribution in [-0.2, 0) is 0 Å². The van der Waals surface area contributed by atoms with Gasteiger partial charge in [-0.3, -0.25) is 9.89 Å². The molecule has 0 aliphatic carbocycles. The van der Waals surface area contributed by atoms with E-state index in [0.717, 1.165) is 0 Å². The second kappa shape index (κ2) is 2.99. The number of hydrogen-bond donors (Lipinski definition) is 3. The van der Waals surface area contributed by atoms with E-state index >= 15 is 0 Å². The molecule has 0 aliphatic heterocycles. The van der Waals surface area contributed by atoms with Crippen molar-refractivity contribution in [2.45, 2.75) is 0 Å². The summed E-state index contributed by atoms with van der Waals surface area (Å²) in [7, 11) is 1.51. The van der Waals surface area contributed by atoms with Crippen LogP contribution in [0.4, 0.5) is 0 Å². The predicted octanol–water partition coefficient (Wildman–Crippen LogP) is 0.0231. The lowest BCUT2D eigenvalue weighted by Gasteiger charge is -1.98. The molecule has 0 saturated heterocycles. The molecule has 6 nitrogen and oxygen atoms in total. The molecular formula is C8H8N4O2. The van der Waals surface area contributed by atoms with Crippen LogP contribution in [0, 0.1) is 0 Å². The van der Waals surface area contributed by atoms with E-state index in [9.17, 15) is 9.90 Å². The molecule has 0 bridgehead atoms. The minimum Gasteiger partial charge on any atom is -0.492 e. The van der Waals surface area contributed by atoms with Crippen LogP contribution < -0.4 is 5.32 Å². The molecule has 0 radical (unpaired) electrons. The van der Waals surface area contributed by atoms with E-state index in [1.165, 1.54) is 13.2 Å². The molecule has 0 aliphatic rings. The highest BCUT2D eigenvalue weighted by molar-refractivity contribution is 6.04. The molecule has 1 amide bonds. The molecule has 0 atom stereocenters. The number of fused-ring (bicyclic) bond motifs is 1. The summed E-state index contributed by atoms with van der Waals surface area (Å²) in [6.07, 6.45) is 1.45. The lowest BCUT2D eigenvalue weighted by atomic mass is 10.2. The molecule has 2 rings (SSSR count). The number of aromatic nitrogens is 3. The Labute approximate surface area is 79.0 Å². The molecule has 3 N–H and O–H groups in total. The molecule has 2 heterocycles. The van der Waals surface area contributed by atoms with Crippen LogP contribution in [0.1, 0.15) is 10.5 Å². The highest BCUT2D eigenvalue weighted by Gasteiger charge is 2.13. The Bertz CT molecular complexity index is 491. The van der Waals surface area contributed by atoms with E-state index in [2.05, 4.69) is 20.5 Å². The van der Waals surface area contributed by atoms with E-state index < -0.39 is 0 Å². The number of rotatable bonds is 1. The molecule has 2 aromatic rings. The van der Waals surface area contributed by atoms with Crippen molar-refractivity contribution in [3.63, 3.8) is 0 Å². The number of nitrogens with zero attached hydrogens (tertiary/aromatic N) is 2. The number of nitrogens with one attached hydrogen (secondary N) is 2. The van der Waals surface area contributed by atoms with Gasteiger partial charge >= 0.3 is 0 Å². The summed E-state index contributed by atoms with van der Waals surface area (Å²) < 4.78 is 0. The molecule has 2 aromatic heterocycles. The van der Waals surface area contributed by atoms with E-state index in [1.807, 2.05) is 0 Å². The van der Waals surface area contributed by atoms with Gasteiger partial charge in [-0.2, -0.15) is 0 Å². The number of hydrogen-bond acceptors (Lipinski definition) is 4. The van der Waals surface area contributed by atoms with Gasteiger partial charge in [-0.15, -0.1) is 5.10 Å². The van der Waals surface area contributed by atoms with Gasteiger partial charge in [-0.05, 0) is 6.07 Å². The molecule has 0 saturated carbocycles. The quantitative estimate of drug-likeness (QED) is 0.594. The minimum atomic E-state index is -0.320. The van der Waals surface area contributed by atoms with Crippen molar-refractivity contribution in [2.75, 3.05) is 7.05 Å². The van der Waals surface area contributed by atoms with Crippen LogP contribution in [0.25, 0.3) is 10.9 Å². The van der Waals surface area contributed by atoms with Gasteiger partial charge in [0.1, 0.15) is 5.52 Å². The number of aromatic amines is 1. The number of pyridine rings is 1. The molecule has 0 unspecified atom stereocenters. The third kappa shape index (κ3) is 1.08. The van der Waals surface area contributed by atoms with Crippen LogP contribution in [0.5, 0.6) is 5.88 Å². The van der Waals surface area contributed by atoms with Gasteiger partial charge in [0.15, 0.2) is 5.69 Å². The maximum atomic E-state index is 11.3. The second-order valence-electron chi connectivity index (χ2n) is 2.71. The zero-order valence-corrected chi connectivity index (χ0v) is 7.40. The Morgan fingerprint density at radius 2 is 2.43 bits per heavy atom. The van der Waals surface area contributed by atoms with Gasteiger partial charge < -0.3 is 10.4 Å². The average Bonchev–Trinajstić information content (AvgIpc) is 2.59.